The minimum Gasteiger partial charge on any atom is -0.373 e. The summed E-state index contributed by atoms with van der Waals surface area (Å²) in [5.41, 5.74) is 1.80. The Morgan fingerprint density at radius 1 is 1.22 bits per heavy atom. The predicted molar refractivity (Wildman–Crippen MR) is 71.2 cm³/mol. The van der Waals surface area contributed by atoms with E-state index in [4.69, 9.17) is 0 Å². The Morgan fingerprint density at radius 3 is 2.94 bits per heavy atom. The zero-order chi connectivity index (χ0) is 12.4. The lowest BCUT2D eigenvalue weighted by atomic mass is 10.2. The highest BCUT2D eigenvalue weighted by Gasteiger charge is 2.07. The second-order valence-corrected chi connectivity index (χ2v) is 3.83. The van der Waals surface area contributed by atoms with E-state index in [0.29, 0.717) is 5.82 Å². The van der Waals surface area contributed by atoms with Crippen molar-refractivity contribution in [1.82, 2.24) is 15.0 Å². The van der Waals surface area contributed by atoms with Crippen molar-refractivity contribution in [2.45, 2.75) is 0 Å². The molecule has 3 aromatic rings. The molecule has 1 radical (unpaired) electrons. The van der Waals surface area contributed by atoms with E-state index in [1.165, 1.54) is 0 Å². The minimum absolute atomic E-state index is 0.672. The summed E-state index contributed by atoms with van der Waals surface area (Å²) in [6.07, 6.45) is 3.49. The molecule has 3 rings (SSSR count). The molecule has 1 aromatic carbocycles. The highest BCUT2D eigenvalue weighted by molar-refractivity contribution is 5.90. The van der Waals surface area contributed by atoms with Crippen LogP contribution in [0.5, 0.6) is 0 Å². The number of pyridine rings is 1. The van der Waals surface area contributed by atoms with Crippen LogP contribution in [0.4, 0.5) is 5.82 Å². The Balaban J connectivity index is 2.26. The first-order valence-electron chi connectivity index (χ1n) is 5.64. The van der Waals surface area contributed by atoms with Gasteiger partial charge in [0.25, 0.3) is 0 Å². The van der Waals surface area contributed by atoms with Gasteiger partial charge in [-0.25, -0.2) is 9.97 Å². The number of anilines is 1. The van der Waals surface area contributed by atoms with Gasteiger partial charge in [0, 0.05) is 30.4 Å². The first-order chi connectivity index (χ1) is 8.88. The van der Waals surface area contributed by atoms with E-state index in [9.17, 15) is 0 Å². The number of nitrogens with zero attached hydrogens (tertiary/aromatic N) is 3. The molecule has 0 aliphatic rings. The number of nitrogens with one attached hydrogen (secondary N) is 1. The van der Waals surface area contributed by atoms with Gasteiger partial charge in [0.15, 0.2) is 5.82 Å². The number of fused-ring (bicyclic) bond motifs is 1. The van der Waals surface area contributed by atoms with E-state index in [1.807, 2.05) is 37.4 Å². The molecular formula is C14H11N4. The summed E-state index contributed by atoms with van der Waals surface area (Å²) in [5, 5.41) is 4.05. The third kappa shape index (κ3) is 1.78. The summed E-state index contributed by atoms with van der Waals surface area (Å²) in [5.74, 6) is 1.47. The summed E-state index contributed by atoms with van der Waals surface area (Å²) >= 11 is 0. The van der Waals surface area contributed by atoms with Gasteiger partial charge in [0.1, 0.15) is 5.82 Å². The smallest absolute Gasteiger partial charge is 0.163 e. The molecule has 0 spiro atoms. The molecule has 0 amide bonds. The van der Waals surface area contributed by atoms with Crippen molar-refractivity contribution in [1.29, 1.82) is 0 Å². The van der Waals surface area contributed by atoms with Crippen LogP contribution in [0.1, 0.15) is 0 Å². The Labute approximate surface area is 105 Å². The van der Waals surface area contributed by atoms with Crippen LogP contribution in [-0.4, -0.2) is 22.0 Å². The maximum Gasteiger partial charge on any atom is 0.163 e. The first-order valence-corrected chi connectivity index (χ1v) is 5.64. The maximum absolute atomic E-state index is 4.54. The normalized spacial score (nSPS) is 10.5. The zero-order valence-corrected chi connectivity index (χ0v) is 9.88. The lowest BCUT2D eigenvalue weighted by Gasteiger charge is -2.07. The molecule has 2 heterocycles. The van der Waals surface area contributed by atoms with Crippen LogP contribution in [0.25, 0.3) is 22.3 Å². The largest absolute Gasteiger partial charge is 0.373 e. The topological polar surface area (TPSA) is 50.7 Å². The summed E-state index contributed by atoms with van der Waals surface area (Å²) in [4.78, 5) is 13.1. The SMILES string of the molecule is CNc1nc(-c2cccnc2)nc2cc[c]cc12. The standard InChI is InChI=1S/C14H11N4/c1-15-14-11-6-2-3-7-12(11)17-13(18-14)10-5-4-8-16-9-10/h3-9H,1H3,(H,15,17,18). The maximum atomic E-state index is 4.54. The second-order valence-electron chi connectivity index (χ2n) is 3.83. The van der Waals surface area contributed by atoms with Gasteiger partial charge < -0.3 is 5.32 Å². The van der Waals surface area contributed by atoms with Crippen LogP contribution in [0, 0.1) is 6.07 Å². The van der Waals surface area contributed by atoms with Gasteiger partial charge in [-0.1, -0.05) is 6.07 Å². The molecule has 87 valence electrons. The molecule has 18 heavy (non-hydrogen) atoms. The molecule has 0 saturated heterocycles. The van der Waals surface area contributed by atoms with Crippen LogP contribution in [0.3, 0.4) is 0 Å². The molecule has 4 heteroatoms. The summed E-state index contributed by atoms with van der Waals surface area (Å²) in [6.45, 7) is 0. The van der Waals surface area contributed by atoms with Gasteiger partial charge in [-0.3, -0.25) is 4.98 Å². The minimum atomic E-state index is 0.672. The molecule has 0 saturated carbocycles. The first kappa shape index (κ1) is 10.7. The number of rotatable bonds is 2. The van der Waals surface area contributed by atoms with E-state index >= 15 is 0 Å². The lowest BCUT2D eigenvalue weighted by Crippen LogP contribution is -1.98. The number of hydrogen-bond donors (Lipinski definition) is 1. The zero-order valence-electron chi connectivity index (χ0n) is 9.88. The van der Waals surface area contributed by atoms with E-state index in [1.54, 1.807) is 12.4 Å². The third-order valence-corrected chi connectivity index (χ3v) is 2.70. The summed E-state index contributed by atoms with van der Waals surface area (Å²) in [7, 11) is 1.85. The molecule has 2 aromatic heterocycles. The van der Waals surface area contributed by atoms with Crippen LogP contribution in [0.15, 0.2) is 42.7 Å². The molecule has 0 unspecified atom stereocenters. The Kier molecular flexibility index (Phi) is 2.61. The fourth-order valence-electron chi connectivity index (χ4n) is 1.83. The average molecular weight is 235 g/mol. The van der Waals surface area contributed by atoms with Crippen molar-refractivity contribution in [3.63, 3.8) is 0 Å². The van der Waals surface area contributed by atoms with Gasteiger partial charge in [0.05, 0.1) is 5.52 Å². The number of hydrogen-bond acceptors (Lipinski definition) is 4. The van der Waals surface area contributed by atoms with Crippen molar-refractivity contribution >= 4 is 16.7 Å². The molecular weight excluding hydrogens is 224 g/mol. The summed E-state index contributed by atoms with van der Waals surface area (Å²) in [6, 6.07) is 12.5. The average Bonchev–Trinajstić information content (AvgIpc) is 2.47. The molecule has 0 fully saturated rings. The van der Waals surface area contributed by atoms with Gasteiger partial charge in [-0.05, 0) is 30.3 Å². The van der Waals surface area contributed by atoms with E-state index in [0.717, 1.165) is 22.3 Å². The van der Waals surface area contributed by atoms with Crippen LogP contribution < -0.4 is 5.32 Å². The van der Waals surface area contributed by atoms with Crippen LogP contribution in [0.2, 0.25) is 0 Å². The van der Waals surface area contributed by atoms with Crippen molar-refractivity contribution in [3.05, 3.63) is 48.8 Å². The molecule has 1 N–H and O–H groups in total. The Bertz CT molecular complexity index is 680. The van der Waals surface area contributed by atoms with Crippen molar-refractivity contribution in [2.24, 2.45) is 0 Å². The molecule has 0 atom stereocenters. The molecule has 0 bridgehead atoms. The fraction of sp³-hybridized carbons (Fsp3) is 0.0714. The molecule has 4 nitrogen and oxygen atoms in total. The van der Waals surface area contributed by atoms with Crippen LogP contribution in [-0.2, 0) is 0 Å². The van der Waals surface area contributed by atoms with Crippen molar-refractivity contribution in [3.8, 4) is 11.4 Å². The van der Waals surface area contributed by atoms with E-state index < -0.39 is 0 Å². The second kappa shape index (κ2) is 4.41. The number of benzene rings is 1. The quantitative estimate of drug-likeness (QED) is 0.741. The van der Waals surface area contributed by atoms with Crippen LogP contribution >= 0.6 is 0 Å². The van der Waals surface area contributed by atoms with Gasteiger partial charge in [-0.2, -0.15) is 0 Å². The van der Waals surface area contributed by atoms with Crippen molar-refractivity contribution < 1.29 is 0 Å². The number of aromatic nitrogens is 3. The van der Waals surface area contributed by atoms with E-state index in [-0.39, 0.29) is 0 Å². The van der Waals surface area contributed by atoms with Gasteiger partial charge in [0.2, 0.25) is 0 Å². The van der Waals surface area contributed by atoms with Crippen molar-refractivity contribution in [2.75, 3.05) is 12.4 Å². The Morgan fingerprint density at radius 2 is 2.17 bits per heavy atom. The Hall–Kier alpha value is -2.49. The lowest BCUT2D eigenvalue weighted by molar-refractivity contribution is 1.20. The highest BCUT2D eigenvalue weighted by atomic mass is 15.0. The molecule has 0 aliphatic carbocycles. The summed E-state index contributed by atoms with van der Waals surface area (Å²) < 4.78 is 0. The monoisotopic (exact) mass is 235 g/mol. The van der Waals surface area contributed by atoms with Gasteiger partial charge in [-0.15, -0.1) is 0 Å². The fourth-order valence-corrected chi connectivity index (χ4v) is 1.83. The predicted octanol–water partition coefficient (Wildman–Crippen LogP) is 2.53. The molecule has 0 aliphatic heterocycles. The van der Waals surface area contributed by atoms with Gasteiger partial charge >= 0.3 is 0 Å². The third-order valence-electron chi connectivity index (χ3n) is 2.70. The highest BCUT2D eigenvalue weighted by Crippen LogP contribution is 2.23. The van der Waals surface area contributed by atoms with E-state index in [2.05, 4.69) is 26.3 Å².